The van der Waals surface area contributed by atoms with E-state index in [9.17, 15) is 4.39 Å². The van der Waals surface area contributed by atoms with E-state index in [1.807, 2.05) is 6.07 Å². The van der Waals surface area contributed by atoms with Gasteiger partial charge in [0.05, 0.1) is 0 Å². The summed E-state index contributed by atoms with van der Waals surface area (Å²) in [7, 11) is 0. The lowest BCUT2D eigenvalue weighted by Gasteiger charge is -2.19. The predicted octanol–water partition coefficient (Wildman–Crippen LogP) is 9.77. The van der Waals surface area contributed by atoms with Crippen molar-refractivity contribution in [2.75, 3.05) is 0 Å². The largest absolute Gasteiger partial charge is 0.207 e. The molecule has 0 saturated carbocycles. The number of hydrogen-bond acceptors (Lipinski definition) is 0. The van der Waals surface area contributed by atoms with E-state index in [1.54, 1.807) is 12.1 Å². The van der Waals surface area contributed by atoms with Gasteiger partial charge < -0.3 is 0 Å². The summed E-state index contributed by atoms with van der Waals surface area (Å²) in [5.41, 5.74) is 4.49. The van der Waals surface area contributed by atoms with Crippen molar-refractivity contribution < 1.29 is 4.39 Å². The van der Waals surface area contributed by atoms with Gasteiger partial charge in [-0.25, -0.2) is 4.39 Å². The summed E-state index contributed by atoms with van der Waals surface area (Å²) in [5, 5.41) is 9.05. The summed E-state index contributed by atoms with van der Waals surface area (Å²) in [5.74, 6) is -0.223. The SMILES string of the molecule is Fc1ccc2c(-c3ccc4ccccc4c3)c3ccccc3c(-c3cccc4ccccc34)c2c1. The zero-order valence-electron chi connectivity index (χ0n) is 19.0. The molecule has 164 valence electrons. The number of halogens is 1. The van der Waals surface area contributed by atoms with Crippen LogP contribution in [-0.4, -0.2) is 0 Å². The monoisotopic (exact) mass is 448 g/mol. The molecule has 0 aliphatic carbocycles. The first-order valence-electron chi connectivity index (χ1n) is 11.9. The smallest absolute Gasteiger partial charge is 0.123 e. The van der Waals surface area contributed by atoms with E-state index in [2.05, 4.69) is 109 Å². The Hall–Kier alpha value is -4.49. The van der Waals surface area contributed by atoms with Crippen LogP contribution in [0, 0.1) is 5.82 Å². The van der Waals surface area contributed by atoms with Crippen molar-refractivity contribution in [3.05, 3.63) is 133 Å². The average Bonchev–Trinajstić information content (AvgIpc) is 2.91. The molecule has 0 N–H and O–H groups in total. The Kier molecular flexibility index (Phi) is 4.43. The molecule has 0 aromatic heterocycles. The highest BCUT2D eigenvalue weighted by Gasteiger charge is 2.18. The van der Waals surface area contributed by atoms with Gasteiger partial charge in [-0.1, -0.05) is 109 Å². The molecule has 0 bridgehead atoms. The molecule has 7 aromatic rings. The van der Waals surface area contributed by atoms with Gasteiger partial charge in [0, 0.05) is 0 Å². The summed E-state index contributed by atoms with van der Waals surface area (Å²) in [6, 6.07) is 43.6. The van der Waals surface area contributed by atoms with Gasteiger partial charge in [-0.15, -0.1) is 0 Å². The Morgan fingerprint density at radius 1 is 0.371 bits per heavy atom. The van der Waals surface area contributed by atoms with E-state index >= 15 is 0 Å². The fourth-order valence-electron chi connectivity index (χ4n) is 5.54. The van der Waals surface area contributed by atoms with Crippen molar-refractivity contribution in [2.24, 2.45) is 0 Å². The molecule has 0 fully saturated rings. The zero-order valence-corrected chi connectivity index (χ0v) is 19.0. The van der Waals surface area contributed by atoms with Crippen molar-refractivity contribution in [2.45, 2.75) is 0 Å². The number of benzene rings is 7. The van der Waals surface area contributed by atoms with Crippen LogP contribution in [0.15, 0.2) is 127 Å². The van der Waals surface area contributed by atoms with Gasteiger partial charge in [0.25, 0.3) is 0 Å². The molecule has 0 amide bonds. The molecule has 0 aliphatic rings. The maximum atomic E-state index is 14.8. The number of hydrogen-bond donors (Lipinski definition) is 0. The average molecular weight is 449 g/mol. The molecule has 7 rings (SSSR count). The lowest BCUT2D eigenvalue weighted by atomic mass is 9.84. The highest BCUT2D eigenvalue weighted by Crippen LogP contribution is 2.45. The molecule has 35 heavy (non-hydrogen) atoms. The maximum absolute atomic E-state index is 14.8. The number of rotatable bonds is 2. The predicted molar refractivity (Wildman–Crippen MR) is 147 cm³/mol. The molecule has 0 saturated heterocycles. The second-order valence-electron chi connectivity index (χ2n) is 9.07. The molecule has 0 spiro atoms. The first-order valence-corrected chi connectivity index (χ1v) is 11.9. The first kappa shape index (κ1) is 19.9. The highest BCUT2D eigenvalue weighted by atomic mass is 19.1. The summed E-state index contributed by atoms with van der Waals surface area (Å²) < 4.78 is 14.8. The maximum Gasteiger partial charge on any atom is 0.123 e. The molecule has 1 heteroatoms. The Labute approximate surface area is 202 Å². The third-order valence-corrected chi connectivity index (χ3v) is 7.08. The normalized spacial score (nSPS) is 11.6. The van der Waals surface area contributed by atoms with Crippen molar-refractivity contribution in [3.63, 3.8) is 0 Å². The summed E-state index contributed by atoms with van der Waals surface area (Å²) in [6.07, 6.45) is 0. The van der Waals surface area contributed by atoms with E-state index in [0.29, 0.717) is 0 Å². The van der Waals surface area contributed by atoms with Crippen LogP contribution in [0.1, 0.15) is 0 Å². The summed E-state index contributed by atoms with van der Waals surface area (Å²) in [4.78, 5) is 0. The van der Waals surface area contributed by atoms with Gasteiger partial charge in [-0.3, -0.25) is 0 Å². The minimum Gasteiger partial charge on any atom is -0.207 e. The fourth-order valence-corrected chi connectivity index (χ4v) is 5.54. The Balaban J connectivity index is 1.67. The van der Waals surface area contributed by atoms with E-state index in [0.717, 1.165) is 38.4 Å². The third kappa shape index (κ3) is 3.13. The Morgan fingerprint density at radius 3 is 1.83 bits per heavy atom. The molecule has 7 aromatic carbocycles. The summed E-state index contributed by atoms with van der Waals surface area (Å²) in [6.45, 7) is 0. The molecule has 0 radical (unpaired) electrons. The first-order chi connectivity index (χ1) is 17.3. The van der Waals surface area contributed by atoms with Crippen LogP contribution < -0.4 is 0 Å². The molecular weight excluding hydrogens is 427 g/mol. The lowest BCUT2D eigenvalue weighted by Crippen LogP contribution is -1.92. The second kappa shape index (κ2) is 7.78. The Morgan fingerprint density at radius 2 is 1.00 bits per heavy atom. The minimum atomic E-state index is -0.223. The van der Waals surface area contributed by atoms with Gasteiger partial charge in [0.1, 0.15) is 5.82 Å². The van der Waals surface area contributed by atoms with Crippen molar-refractivity contribution in [1.82, 2.24) is 0 Å². The lowest BCUT2D eigenvalue weighted by molar-refractivity contribution is 0.630. The van der Waals surface area contributed by atoms with Crippen molar-refractivity contribution >= 4 is 43.1 Å². The van der Waals surface area contributed by atoms with Crippen LogP contribution in [-0.2, 0) is 0 Å². The van der Waals surface area contributed by atoms with Crippen LogP contribution in [0.25, 0.3) is 65.3 Å². The quantitative estimate of drug-likeness (QED) is 0.231. The van der Waals surface area contributed by atoms with Gasteiger partial charge in [-0.2, -0.15) is 0 Å². The van der Waals surface area contributed by atoms with E-state index in [-0.39, 0.29) is 5.82 Å². The second-order valence-corrected chi connectivity index (χ2v) is 9.07. The van der Waals surface area contributed by atoms with Gasteiger partial charge >= 0.3 is 0 Å². The topological polar surface area (TPSA) is 0 Å². The van der Waals surface area contributed by atoms with Gasteiger partial charge in [0.15, 0.2) is 0 Å². The molecule has 0 nitrogen and oxygen atoms in total. The highest BCUT2D eigenvalue weighted by molar-refractivity contribution is 6.23. The summed E-state index contributed by atoms with van der Waals surface area (Å²) >= 11 is 0. The van der Waals surface area contributed by atoms with Crippen molar-refractivity contribution in [3.8, 4) is 22.3 Å². The molecule has 0 aliphatic heterocycles. The number of fused-ring (bicyclic) bond motifs is 4. The minimum absolute atomic E-state index is 0.223. The van der Waals surface area contributed by atoms with E-state index in [4.69, 9.17) is 0 Å². The molecule has 0 heterocycles. The van der Waals surface area contributed by atoms with Crippen LogP contribution in [0.5, 0.6) is 0 Å². The molecular formula is C34H21F. The van der Waals surface area contributed by atoms with E-state index < -0.39 is 0 Å². The third-order valence-electron chi connectivity index (χ3n) is 7.08. The van der Waals surface area contributed by atoms with Gasteiger partial charge in [-0.05, 0) is 83.5 Å². The van der Waals surface area contributed by atoms with Crippen molar-refractivity contribution in [1.29, 1.82) is 0 Å². The van der Waals surface area contributed by atoms with Crippen LogP contribution in [0.3, 0.4) is 0 Å². The zero-order chi connectivity index (χ0) is 23.4. The van der Waals surface area contributed by atoms with Crippen LogP contribution in [0.4, 0.5) is 4.39 Å². The fraction of sp³-hybridized carbons (Fsp3) is 0. The van der Waals surface area contributed by atoms with Crippen LogP contribution >= 0.6 is 0 Å². The standard InChI is InChI=1S/C34H21F/c35-26-18-19-31-32(21-26)34(28-15-7-11-23-9-3-4-12-27(23)28)30-14-6-5-13-29(30)33(31)25-17-16-22-8-1-2-10-24(22)20-25/h1-21H. The van der Waals surface area contributed by atoms with E-state index in [1.165, 1.54) is 26.9 Å². The Bertz CT molecular complexity index is 1910. The molecule has 0 unspecified atom stereocenters. The molecule has 0 atom stereocenters. The van der Waals surface area contributed by atoms with Crippen LogP contribution in [0.2, 0.25) is 0 Å². The van der Waals surface area contributed by atoms with Gasteiger partial charge in [0.2, 0.25) is 0 Å².